The van der Waals surface area contributed by atoms with E-state index in [1.165, 1.54) is 0 Å². The predicted octanol–water partition coefficient (Wildman–Crippen LogP) is 5.62. The minimum absolute atomic E-state index is 0.0501. The van der Waals surface area contributed by atoms with Crippen molar-refractivity contribution in [2.45, 2.75) is 25.9 Å². The number of rotatable bonds is 5. The molecule has 3 heterocycles. The minimum atomic E-state index is -0.0586. The van der Waals surface area contributed by atoms with E-state index >= 15 is 0 Å². The summed E-state index contributed by atoms with van der Waals surface area (Å²) < 4.78 is 6.29. The number of nitrogens with one attached hydrogen (secondary N) is 1. The van der Waals surface area contributed by atoms with Crippen LogP contribution in [0, 0.1) is 5.92 Å². The monoisotopic (exact) mass is 411 g/mol. The quantitative estimate of drug-likeness (QED) is 0.551. The van der Waals surface area contributed by atoms with Gasteiger partial charge in [-0.1, -0.05) is 31.5 Å². The summed E-state index contributed by atoms with van der Waals surface area (Å²) in [5.74, 6) is 2.15. The smallest absolute Gasteiger partial charge is 0.170 e. The molecule has 1 aliphatic rings. The third-order valence-electron chi connectivity index (χ3n) is 4.81. The number of nitrogens with zero attached hydrogens (tertiary/aromatic N) is 2. The molecule has 0 radical (unpaired) electrons. The topological polar surface area (TPSA) is 41.3 Å². The van der Waals surface area contributed by atoms with Gasteiger partial charge in [0.1, 0.15) is 17.6 Å². The van der Waals surface area contributed by atoms with Gasteiger partial charge in [-0.2, -0.15) is 0 Å². The molecule has 3 aromatic rings. The van der Waals surface area contributed by atoms with Crippen LogP contribution in [0.15, 0.2) is 65.2 Å². The highest BCUT2D eigenvalue weighted by Gasteiger charge is 2.41. The number of hydrogen-bond donors (Lipinski definition) is 1. The Morgan fingerprint density at radius 2 is 1.93 bits per heavy atom. The van der Waals surface area contributed by atoms with Gasteiger partial charge in [0, 0.05) is 23.3 Å². The van der Waals surface area contributed by atoms with Crippen LogP contribution in [-0.2, 0) is 0 Å². The molecule has 28 heavy (non-hydrogen) atoms. The molecule has 0 aliphatic carbocycles. The fourth-order valence-corrected chi connectivity index (χ4v) is 4.03. The molecule has 1 saturated heterocycles. The molecule has 2 atom stereocenters. The Morgan fingerprint density at radius 1 is 1.14 bits per heavy atom. The number of aromatic nitrogens is 1. The van der Waals surface area contributed by atoms with Gasteiger partial charge in [-0.15, -0.1) is 0 Å². The van der Waals surface area contributed by atoms with Crippen LogP contribution in [0.4, 0.5) is 0 Å². The third kappa shape index (κ3) is 3.77. The van der Waals surface area contributed by atoms with E-state index in [-0.39, 0.29) is 12.1 Å². The van der Waals surface area contributed by atoms with E-state index in [4.69, 9.17) is 28.2 Å². The first kappa shape index (κ1) is 19.0. The van der Waals surface area contributed by atoms with E-state index in [2.05, 4.69) is 29.0 Å². The average Bonchev–Trinajstić information content (AvgIpc) is 3.28. The molecule has 4 rings (SSSR count). The van der Waals surface area contributed by atoms with E-state index < -0.39 is 0 Å². The average molecular weight is 412 g/mol. The standard InChI is InChI=1S/C22H22ClN3OS/c1-14(2)13-26-21(20(25-22(26)28)17-5-3-4-12-24-17)19-11-10-18(27-19)15-6-8-16(23)9-7-15/h3-12,14,20-21H,13H2,1-2H3,(H,25,28). The van der Waals surface area contributed by atoms with E-state index in [0.29, 0.717) is 10.9 Å². The molecular formula is C22H22ClN3OS. The maximum absolute atomic E-state index is 6.29. The summed E-state index contributed by atoms with van der Waals surface area (Å²) in [5, 5.41) is 4.89. The summed E-state index contributed by atoms with van der Waals surface area (Å²) in [6.45, 7) is 5.22. The van der Waals surface area contributed by atoms with Crippen LogP contribution in [0.25, 0.3) is 11.3 Å². The molecule has 4 nitrogen and oxygen atoms in total. The molecule has 1 fully saturated rings. The SMILES string of the molecule is CC(C)CN1C(=S)NC(c2ccccn2)C1c1ccc(-c2ccc(Cl)cc2)o1. The van der Waals surface area contributed by atoms with Gasteiger partial charge < -0.3 is 14.6 Å². The Hall–Kier alpha value is -2.37. The van der Waals surface area contributed by atoms with E-state index in [1.807, 2.05) is 60.8 Å². The lowest BCUT2D eigenvalue weighted by Crippen LogP contribution is -2.32. The molecule has 0 saturated carbocycles. The zero-order valence-electron chi connectivity index (χ0n) is 15.8. The molecule has 1 N–H and O–H groups in total. The summed E-state index contributed by atoms with van der Waals surface area (Å²) in [7, 11) is 0. The van der Waals surface area contributed by atoms with Crippen molar-refractivity contribution in [2.24, 2.45) is 5.92 Å². The molecule has 6 heteroatoms. The normalized spacial score (nSPS) is 19.3. The summed E-state index contributed by atoms with van der Waals surface area (Å²) in [4.78, 5) is 6.77. The number of pyridine rings is 1. The van der Waals surface area contributed by atoms with Gasteiger partial charge in [-0.25, -0.2) is 0 Å². The molecule has 0 amide bonds. The second-order valence-electron chi connectivity index (χ2n) is 7.38. The lowest BCUT2D eigenvalue weighted by atomic mass is 10.0. The lowest BCUT2D eigenvalue weighted by Gasteiger charge is -2.27. The highest BCUT2D eigenvalue weighted by molar-refractivity contribution is 7.80. The Morgan fingerprint density at radius 3 is 2.61 bits per heavy atom. The lowest BCUT2D eigenvalue weighted by molar-refractivity contribution is 0.253. The van der Waals surface area contributed by atoms with E-state index in [0.717, 1.165) is 34.4 Å². The maximum Gasteiger partial charge on any atom is 0.170 e. The highest BCUT2D eigenvalue weighted by Crippen LogP contribution is 2.40. The maximum atomic E-state index is 6.29. The highest BCUT2D eigenvalue weighted by atomic mass is 35.5. The van der Waals surface area contributed by atoms with Crippen LogP contribution >= 0.6 is 23.8 Å². The number of halogens is 1. The molecule has 2 aromatic heterocycles. The molecule has 0 spiro atoms. The molecule has 0 bridgehead atoms. The number of hydrogen-bond acceptors (Lipinski definition) is 3. The zero-order valence-corrected chi connectivity index (χ0v) is 17.4. The van der Waals surface area contributed by atoms with Crippen molar-refractivity contribution in [3.8, 4) is 11.3 Å². The van der Waals surface area contributed by atoms with Gasteiger partial charge in [0.25, 0.3) is 0 Å². The van der Waals surface area contributed by atoms with Crippen molar-refractivity contribution in [1.29, 1.82) is 0 Å². The zero-order chi connectivity index (χ0) is 19.7. The van der Waals surface area contributed by atoms with Crippen LogP contribution in [0.2, 0.25) is 5.02 Å². The van der Waals surface area contributed by atoms with E-state index in [9.17, 15) is 0 Å². The van der Waals surface area contributed by atoms with Crippen molar-refractivity contribution in [3.05, 3.63) is 77.3 Å². The fourth-order valence-electron chi connectivity index (χ4n) is 3.59. The Labute approximate surface area is 175 Å². The van der Waals surface area contributed by atoms with Crippen molar-refractivity contribution >= 4 is 28.9 Å². The van der Waals surface area contributed by atoms with Crippen molar-refractivity contribution in [2.75, 3.05) is 6.54 Å². The molecule has 1 aliphatic heterocycles. The Kier molecular flexibility index (Phi) is 5.38. The first-order valence-corrected chi connectivity index (χ1v) is 10.2. The second kappa shape index (κ2) is 7.94. The van der Waals surface area contributed by atoms with Crippen LogP contribution in [-0.4, -0.2) is 21.5 Å². The van der Waals surface area contributed by atoms with Gasteiger partial charge in [0.05, 0.1) is 11.7 Å². The van der Waals surface area contributed by atoms with Crippen molar-refractivity contribution in [3.63, 3.8) is 0 Å². The van der Waals surface area contributed by atoms with E-state index in [1.54, 1.807) is 0 Å². The minimum Gasteiger partial charge on any atom is -0.459 e. The first-order valence-electron chi connectivity index (χ1n) is 9.36. The summed E-state index contributed by atoms with van der Waals surface area (Å²) in [5.41, 5.74) is 1.94. The Balaban J connectivity index is 1.72. The van der Waals surface area contributed by atoms with Crippen LogP contribution in [0.5, 0.6) is 0 Å². The molecule has 1 aromatic carbocycles. The number of thiocarbonyl (C=S) groups is 1. The van der Waals surface area contributed by atoms with Gasteiger partial charge in [-0.05, 0) is 66.7 Å². The number of furan rings is 1. The third-order valence-corrected chi connectivity index (χ3v) is 5.41. The second-order valence-corrected chi connectivity index (χ2v) is 8.20. The molecule has 2 unspecified atom stereocenters. The van der Waals surface area contributed by atoms with Gasteiger partial charge in [-0.3, -0.25) is 4.98 Å². The summed E-state index contributed by atoms with van der Waals surface area (Å²) >= 11 is 11.7. The van der Waals surface area contributed by atoms with Crippen molar-refractivity contribution < 1.29 is 4.42 Å². The summed E-state index contributed by atoms with van der Waals surface area (Å²) in [6, 6.07) is 17.5. The predicted molar refractivity (Wildman–Crippen MR) is 116 cm³/mol. The van der Waals surface area contributed by atoms with Gasteiger partial charge >= 0.3 is 0 Å². The first-order chi connectivity index (χ1) is 13.5. The van der Waals surface area contributed by atoms with Crippen molar-refractivity contribution in [1.82, 2.24) is 15.2 Å². The van der Waals surface area contributed by atoms with Gasteiger partial charge in [0.15, 0.2) is 5.11 Å². The molecular weight excluding hydrogens is 390 g/mol. The fraction of sp³-hybridized carbons (Fsp3) is 0.273. The Bertz CT molecular complexity index is 955. The number of benzene rings is 1. The molecule has 144 valence electrons. The summed E-state index contributed by atoms with van der Waals surface area (Å²) in [6.07, 6.45) is 1.81. The largest absolute Gasteiger partial charge is 0.459 e. The van der Waals surface area contributed by atoms with Crippen LogP contribution < -0.4 is 5.32 Å². The van der Waals surface area contributed by atoms with Gasteiger partial charge in [0.2, 0.25) is 0 Å². The van der Waals surface area contributed by atoms with Crippen LogP contribution in [0.3, 0.4) is 0 Å². The van der Waals surface area contributed by atoms with Crippen LogP contribution in [0.1, 0.15) is 37.4 Å².